The highest BCUT2D eigenvalue weighted by Gasteiger charge is 2.16. The highest BCUT2D eigenvalue weighted by Crippen LogP contribution is 2.30. The molecule has 2 aromatic heterocycles. The smallest absolute Gasteiger partial charge is 0.191 e. The Bertz CT molecular complexity index is 956. The van der Waals surface area contributed by atoms with Crippen LogP contribution in [-0.4, -0.2) is 19.7 Å². The maximum atomic E-state index is 4.46. The minimum atomic E-state index is 0.846. The normalized spacial score (nSPS) is 11.2. The lowest BCUT2D eigenvalue weighted by Crippen LogP contribution is -1.99. The Morgan fingerprint density at radius 2 is 1.79 bits per heavy atom. The van der Waals surface area contributed by atoms with Crippen LogP contribution >= 0.6 is 11.8 Å². The molecule has 120 valence electrons. The lowest BCUT2D eigenvalue weighted by molar-refractivity contribution is 0.687. The van der Waals surface area contributed by atoms with Crippen LogP contribution in [0.5, 0.6) is 0 Å². The number of nitrogens with one attached hydrogen (secondary N) is 1. The fraction of sp³-hybridized carbons (Fsp3) is 0.158. The van der Waals surface area contributed by atoms with Crippen molar-refractivity contribution in [3.8, 4) is 11.4 Å². The number of H-pyrrole nitrogens is 1. The number of para-hydroxylation sites is 1. The van der Waals surface area contributed by atoms with E-state index in [1.54, 1.807) is 11.8 Å². The Morgan fingerprint density at radius 3 is 2.62 bits per heavy atom. The molecule has 0 radical (unpaired) electrons. The first-order valence-electron chi connectivity index (χ1n) is 8.03. The van der Waals surface area contributed by atoms with Crippen molar-refractivity contribution in [1.29, 1.82) is 0 Å². The summed E-state index contributed by atoms with van der Waals surface area (Å²) in [6.45, 7) is 2.98. The number of benzene rings is 2. The van der Waals surface area contributed by atoms with Crippen LogP contribution in [0, 0.1) is 0 Å². The minimum absolute atomic E-state index is 0.846. The zero-order chi connectivity index (χ0) is 16.4. The van der Waals surface area contributed by atoms with Crippen molar-refractivity contribution < 1.29 is 0 Å². The number of aromatic amines is 1. The predicted octanol–water partition coefficient (Wildman–Crippen LogP) is 4.74. The summed E-state index contributed by atoms with van der Waals surface area (Å²) in [6.07, 6.45) is 2.02. The topological polar surface area (TPSA) is 46.5 Å². The van der Waals surface area contributed by atoms with Gasteiger partial charge in [0.2, 0.25) is 0 Å². The fourth-order valence-corrected chi connectivity index (χ4v) is 3.82. The average Bonchev–Trinajstić information content (AvgIpc) is 3.24. The Balaban J connectivity index is 1.67. The molecule has 4 aromatic rings. The summed E-state index contributed by atoms with van der Waals surface area (Å²) in [7, 11) is 0. The lowest BCUT2D eigenvalue weighted by atomic mass is 10.1. The van der Waals surface area contributed by atoms with Gasteiger partial charge in [-0.05, 0) is 18.6 Å². The van der Waals surface area contributed by atoms with Gasteiger partial charge in [-0.1, -0.05) is 60.3 Å². The second-order valence-corrected chi connectivity index (χ2v) is 6.52. The van der Waals surface area contributed by atoms with Crippen LogP contribution < -0.4 is 0 Å². The monoisotopic (exact) mass is 334 g/mol. The van der Waals surface area contributed by atoms with Crippen LogP contribution in [-0.2, 0) is 12.3 Å². The van der Waals surface area contributed by atoms with Crippen LogP contribution in [0.25, 0.3) is 22.3 Å². The summed E-state index contributed by atoms with van der Waals surface area (Å²) < 4.78 is 2.18. The third-order valence-electron chi connectivity index (χ3n) is 4.07. The molecule has 0 saturated heterocycles. The fourth-order valence-electron chi connectivity index (χ4n) is 2.86. The number of rotatable bonds is 5. The number of aromatic nitrogens is 4. The van der Waals surface area contributed by atoms with Crippen LogP contribution in [0.2, 0.25) is 0 Å². The molecule has 0 fully saturated rings. The largest absolute Gasteiger partial charge is 0.360 e. The first kappa shape index (κ1) is 15.0. The summed E-state index contributed by atoms with van der Waals surface area (Å²) in [5.74, 6) is 1.82. The molecule has 2 heterocycles. The van der Waals surface area contributed by atoms with Gasteiger partial charge in [0.1, 0.15) is 0 Å². The van der Waals surface area contributed by atoms with Crippen molar-refractivity contribution in [1.82, 2.24) is 19.7 Å². The van der Waals surface area contributed by atoms with Gasteiger partial charge in [-0.3, -0.25) is 0 Å². The first-order chi connectivity index (χ1) is 11.9. The molecule has 24 heavy (non-hydrogen) atoms. The number of hydrogen-bond acceptors (Lipinski definition) is 3. The number of fused-ring (bicyclic) bond motifs is 1. The minimum Gasteiger partial charge on any atom is -0.360 e. The molecule has 0 atom stereocenters. The Labute approximate surface area is 144 Å². The van der Waals surface area contributed by atoms with Gasteiger partial charge in [0, 0.05) is 35.0 Å². The predicted molar refractivity (Wildman–Crippen MR) is 99.0 cm³/mol. The zero-order valence-electron chi connectivity index (χ0n) is 13.4. The average molecular weight is 334 g/mol. The molecule has 0 aliphatic heterocycles. The molecule has 0 aliphatic rings. The Kier molecular flexibility index (Phi) is 4.09. The number of nitrogens with zero attached hydrogens (tertiary/aromatic N) is 3. The second-order valence-electron chi connectivity index (χ2n) is 5.57. The standard InChI is InChI=1S/C19H18N4S/c1-2-23-18(16-12-20-17-11-7-6-10-15(16)17)21-22-19(23)24-13-14-8-4-3-5-9-14/h3-12,20H,2,13H2,1H3. The van der Waals surface area contributed by atoms with Crippen LogP contribution in [0.3, 0.4) is 0 Å². The SMILES string of the molecule is CCn1c(SCc2ccccc2)nnc1-c1c[nH]c2ccccc12. The summed E-state index contributed by atoms with van der Waals surface area (Å²) in [4.78, 5) is 3.32. The summed E-state index contributed by atoms with van der Waals surface area (Å²) >= 11 is 1.73. The van der Waals surface area contributed by atoms with Crippen molar-refractivity contribution in [2.45, 2.75) is 24.4 Å². The van der Waals surface area contributed by atoms with Crippen molar-refractivity contribution in [3.05, 3.63) is 66.4 Å². The first-order valence-corrected chi connectivity index (χ1v) is 9.02. The van der Waals surface area contributed by atoms with Crippen LogP contribution in [0.4, 0.5) is 0 Å². The summed E-state index contributed by atoms with van der Waals surface area (Å²) in [5.41, 5.74) is 3.52. The third-order valence-corrected chi connectivity index (χ3v) is 5.11. The molecule has 5 heteroatoms. The van der Waals surface area contributed by atoms with E-state index in [-0.39, 0.29) is 0 Å². The maximum Gasteiger partial charge on any atom is 0.191 e. The third kappa shape index (κ3) is 2.71. The van der Waals surface area contributed by atoms with Crippen molar-refractivity contribution in [3.63, 3.8) is 0 Å². The van der Waals surface area contributed by atoms with E-state index in [1.807, 2.05) is 18.3 Å². The maximum absolute atomic E-state index is 4.46. The lowest BCUT2D eigenvalue weighted by Gasteiger charge is -2.07. The Hall–Kier alpha value is -2.53. The van der Waals surface area contributed by atoms with E-state index < -0.39 is 0 Å². The van der Waals surface area contributed by atoms with Gasteiger partial charge < -0.3 is 9.55 Å². The van der Waals surface area contributed by atoms with E-state index >= 15 is 0 Å². The Morgan fingerprint density at radius 1 is 1.00 bits per heavy atom. The van der Waals surface area contributed by atoms with Gasteiger partial charge in [0.15, 0.2) is 11.0 Å². The van der Waals surface area contributed by atoms with Gasteiger partial charge in [0.05, 0.1) is 0 Å². The molecule has 0 unspecified atom stereocenters. The van der Waals surface area contributed by atoms with Gasteiger partial charge in [-0.15, -0.1) is 10.2 Å². The second kappa shape index (κ2) is 6.53. The zero-order valence-corrected chi connectivity index (χ0v) is 14.3. The van der Waals surface area contributed by atoms with Crippen molar-refractivity contribution >= 4 is 22.7 Å². The molecule has 0 saturated carbocycles. The number of thioether (sulfide) groups is 1. The van der Waals surface area contributed by atoms with Crippen LogP contribution in [0.1, 0.15) is 12.5 Å². The van der Waals surface area contributed by atoms with Crippen LogP contribution in [0.15, 0.2) is 66.0 Å². The molecule has 1 N–H and O–H groups in total. The van der Waals surface area contributed by atoms with E-state index in [1.165, 1.54) is 10.9 Å². The van der Waals surface area contributed by atoms with E-state index in [9.17, 15) is 0 Å². The summed E-state index contributed by atoms with van der Waals surface area (Å²) in [6, 6.07) is 18.7. The van der Waals surface area contributed by atoms with Gasteiger partial charge in [-0.2, -0.15) is 0 Å². The van der Waals surface area contributed by atoms with Crippen molar-refractivity contribution in [2.24, 2.45) is 0 Å². The highest BCUT2D eigenvalue weighted by molar-refractivity contribution is 7.98. The van der Waals surface area contributed by atoms with E-state index in [4.69, 9.17) is 0 Å². The molecular weight excluding hydrogens is 316 g/mol. The molecule has 4 rings (SSSR count). The molecule has 0 amide bonds. The van der Waals surface area contributed by atoms with Gasteiger partial charge >= 0.3 is 0 Å². The van der Waals surface area contributed by atoms with Crippen molar-refractivity contribution in [2.75, 3.05) is 0 Å². The van der Waals surface area contributed by atoms with Gasteiger partial charge in [-0.25, -0.2) is 0 Å². The van der Waals surface area contributed by atoms with Gasteiger partial charge in [0.25, 0.3) is 0 Å². The molecule has 4 nitrogen and oxygen atoms in total. The highest BCUT2D eigenvalue weighted by atomic mass is 32.2. The van der Waals surface area contributed by atoms with E-state index in [0.717, 1.165) is 34.4 Å². The van der Waals surface area contributed by atoms with E-state index in [0.29, 0.717) is 0 Å². The molecule has 0 aliphatic carbocycles. The molecule has 2 aromatic carbocycles. The van der Waals surface area contributed by atoms with E-state index in [2.05, 4.69) is 69.1 Å². The molecule has 0 bridgehead atoms. The quantitative estimate of drug-likeness (QED) is 0.536. The molecular formula is C19H18N4S. The summed E-state index contributed by atoms with van der Waals surface area (Å²) in [5, 5.41) is 11.0. The number of hydrogen-bond donors (Lipinski definition) is 1. The molecule has 0 spiro atoms.